The fourth-order valence-electron chi connectivity index (χ4n) is 1.78. The summed E-state index contributed by atoms with van der Waals surface area (Å²) in [4.78, 5) is 15.9. The van der Waals surface area contributed by atoms with E-state index in [1.54, 1.807) is 26.2 Å². The number of anilines is 1. The van der Waals surface area contributed by atoms with Crippen LogP contribution in [0.5, 0.6) is 0 Å². The maximum Gasteiger partial charge on any atom is 0.339 e. The molecular formula is C15H24N2O3. The Morgan fingerprint density at radius 2 is 2.05 bits per heavy atom. The van der Waals surface area contributed by atoms with Crippen molar-refractivity contribution >= 4 is 11.8 Å². The SMILES string of the molecule is COCCC(C)(C)CNc1ccc(C(=O)OC)c(C)n1. The Bertz CT molecular complexity index is 458. The number of aromatic nitrogens is 1. The van der Waals surface area contributed by atoms with E-state index in [2.05, 4.69) is 24.1 Å². The summed E-state index contributed by atoms with van der Waals surface area (Å²) in [7, 11) is 3.08. The van der Waals surface area contributed by atoms with E-state index in [1.165, 1.54) is 7.11 Å². The molecule has 0 aliphatic carbocycles. The smallest absolute Gasteiger partial charge is 0.339 e. The molecule has 0 spiro atoms. The molecule has 5 heteroatoms. The molecule has 1 aromatic rings. The van der Waals surface area contributed by atoms with Crippen LogP contribution in [0.1, 0.15) is 36.3 Å². The predicted octanol–water partition coefficient (Wildman–Crippen LogP) is 2.65. The molecule has 1 N–H and O–H groups in total. The van der Waals surface area contributed by atoms with Crippen molar-refractivity contribution in [1.29, 1.82) is 0 Å². The molecular weight excluding hydrogens is 256 g/mol. The van der Waals surface area contributed by atoms with Gasteiger partial charge in [0.15, 0.2) is 0 Å². The zero-order chi connectivity index (χ0) is 15.2. The average molecular weight is 280 g/mol. The molecule has 1 aromatic heterocycles. The molecule has 0 saturated carbocycles. The number of ether oxygens (including phenoxy) is 2. The van der Waals surface area contributed by atoms with Crippen LogP contribution in [0.3, 0.4) is 0 Å². The number of aryl methyl sites for hydroxylation is 1. The van der Waals surface area contributed by atoms with Crippen molar-refractivity contribution in [1.82, 2.24) is 4.98 Å². The van der Waals surface area contributed by atoms with Gasteiger partial charge in [-0.2, -0.15) is 0 Å². The van der Waals surface area contributed by atoms with E-state index in [-0.39, 0.29) is 11.4 Å². The topological polar surface area (TPSA) is 60.5 Å². The van der Waals surface area contributed by atoms with Crippen molar-refractivity contribution in [2.24, 2.45) is 5.41 Å². The van der Waals surface area contributed by atoms with Gasteiger partial charge in [0.25, 0.3) is 0 Å². The van der Waals surface area contributed by atoms with E-state index >= 15 is 0 Å². The highest BCUT2D eigenvalue weighted by Gasteiger charge is 2.18. The summed E-state index contributed by atoms with van der Waals surface area (Å²) < 4.78 is 9.81. The molecule has 0 aromatic carbocycles. The van der Waals surface area contributed by atoms with Crippen LogP contribution in [0, 0.1) is 12.3 Å². The van der Waals surface area contributed by atoms with Crippen molar-refractivity contribution < 1.29 is 14.3 Å². The minimum atomic E-state index is -0.359. The largest absolute Gasteiger partial charge is 0.465 e. The van der Waals surface area contributed by atoms with Crippen molar-refractivity contribution in [3.8, 4) is 0 Å². The monoisotopic (exact) mass is 280 g/mol. The minimum absolute atomic E-state index is 0.118. The zero-order valence-corrected chi connectivity index (χ0v) is 12.9. The van der Waals surface area contributed by atoms with E-state index in [1.807, 2.05) is 0 Å². The van der Waals surface area contributed by atoms with Gasteiger partial charge < -0.3 is 14.8 Å². The Kier molecular flexibility index (Phi) is 5.95. The number of nitrogens with one attached hydrogen (secondary N) is 1. The second kappa shape index (κ2) is 7.24. The Balaban J connectivity index is 2.66. The van der Waals surface area contributed by atoms with Crippen molar-refractivity contribution in [2.75, 3.05) is 32.7 Å². The van der Waals surface area contributed by atoms with Gasteiger partial charge in [0.05, 0.1) is 18.4 Å². The molecule has 5 nitrogen and oxygen atoms in total. The van der Waals surface area contributed by atoms with Crippen molar-refractivity contribution in [3.05, 3.63) is 23.4 Å². The second-order valence-electron chi connectivity index (χ2n) is 5.58. The van der Waals surface area contributed by atoms with E-state index in [0.717, 1.165) is 25.4 Å². The number of rotatable bonds is 7. The van der Waals surface area contributed by atoms with Crippen LogP contribution in [0.15, 0.2) is 12.1 Å². The Morgan fingerprint density at radius 3 is 2.60 bits per heavy atom. The lowest BCUT2D eigenvalue weighted by atomic mass is 9.90. The summed E-state index contributed by atoms with van der Waals surface area (Å²) in [5.41, 5.74) is 1.28. The highest BCUT2D eigenvalue weighted by molar-refractivity contribution is 5.90. The summed E-state index contributed by atoms with van der Waals surface area (Å²) in [6, 6.07) is 3.53. The van der Waals surface area contributed by atoms with Crippen LogP contribution in [0.2, 0.25) is 0 Å². The number of carbonyl (C=O) groups excluding carboxylic acids is 1. The van der Waals surface area contributed by atoms with Crippen LogP contribution in [-0.4, -0.2) is 38.3 Å². The zero-order valence-electron chi connectivity index (χ0n) is 12.9. The molecule has 0 aliphatic rings. The van der Waals surface area contributed by atoms with Crippen LogP contribution in [0.25, 0.3) is 0 Å². The van der Waals surface area contributed by atoms with Gasteiger partial charge in [0, 0.05) is 20.3 Å². The summed E-state index contributed by atoms with van der Waals surface area (Å²) in [5, 5.41) is 3.30. The molecule has 0 bridgehead atoms. The lowest BCUT2D eigenvalue weighted by Crippen LogP contribution is -2.25. The van der Waals surface area contributed by atoms with E-state index in [4.69, 9.17) is 9.47 Å². The van der Waals surface area contributed by atoms with E-state index in [9.17, 15) is 4.79 Å². The maximum atomic E-state index is 11.5. The molecule has 20 heavy (non-hydrogen) atoms. The Morgan fingerprint density at radius 1 is 1.35 bits per heavy atom. The number of hydrogen-bond acceptors (Lipinski definition) is 5. The molecule has 0 radical (unpaired) electrons. The van der Waals surface area contributed by atoms with Gasteiger partial charge in [-0.25, -0.2) is 9.78 Å². The van der Waals surface area contributed by atoms with Crippen LogP contribution in [0.4, 0.5) is 5.82 Å². The summed E-state index contributed by atoms with van der Waals surface area (Å²) in [6.07, 6.45) is 0.968. The molecule has 0 amide bonds. The van der Waals surface area contributed by atoms with Gasteiger partial charge in [0.1, 0.15) is 5.82 Å². The number of pyridine rings is 1. The van der Waals surface area contributed by atoms with Gasteiger partial charge in [-0.1, -0.05) is 13.8 Å². The van der Waals surface area contributed by atoms with Gasteiger partial charge in [-0.05, 0) is 30.9 Å². The fourth-order valence-corrected chi connectivity index (χ4v) is 1.78. The van der Waals surface area contributed by atoms with E-state index < -0.39 is 0 Å². The molecule has 1 heterocycles. The van der Waals surface area contributed by atoms with Crippen molar-refractivity contribution in [2.45, 2.75) is 27.2 Å². The van der Waals surface area contributed by atoms with Crippen LogP contribution < -0.4 is 5.32 Å². The minimum Gasteiger partial charge on any atom is -0.465 e. The standard InChI is InChI=1S/C15H24N2O3/c1-11-12(14(18)20-5)6-7-13(17-11)16-10-15(2,3)8-9-19-4/h6-7H,8-10H2,1-5H3,(H,16,17). The third-order valence-electron chi connectivity index (χ3n) is 3.22. The first-order chi connectivity index (χ1) is 9.39. The third-order valence-corrected chi connectivity index (χ3v) is 3.22. The van der Waals surface area contributed by atoms with Gasteiger partial charge in [0.2, 0.25) is 0 Å². The number of esters is 1. The highest BCUT2D eigenvalue weighted by atomic mass is 16.5. The molecule has 0 atom stereocenters. The first-order valence-electron chi connectivity index (χ1n) is 6.68. The molecule has 0 aliphatic heterocycles. The number of nitrogens with zero attached hydrogens (tertiary/aromatic N) is 1. The third kappa shape index (κ3) is 4.81. The normalized spacial score (nSPS) is 11.2. The Hall–Kier alpha value is -1.62. The summed E-state index contributed by atoms with van der Waals surface area (Å²) >= 11 is 0. The molecule has 1 rings (SSSR count). The maximum absolute atomic E-state index is 11.5. The van der Waals surface area contributed by atoms with Crippen LogP contribution >= 0.6 is 0 Å². The average Bonchev–Trinajstić information content (AvgIpc) is 2.42. The van der Waals surface area contributed by atoms with Gasteiger partial charge in [-0.3, -0.25) is 0 Å². The lowest BCUT2D eigenvalue weighted by molar-refractivity contribution is 0.0599. The first-order valence-corrected chi connectivity index (χ1v) is 6.68. The van der Waals surface area contributed by atoms with E-state index in [0.29, 0.717) is 11.3 Å². The van der Waals surface area contributed by atoms with Crippen molar-refractivity contribution in [3.63, 3.8) is 0 Å². The fraction of sp³-hybridized carbons (Fsp3) is 0.600. The number of carbonyl (C=O) groups is 1. The first kappa shape index (κ1) is 16.4. The number of hydrogen-bond donors (Lipinski definition) is 1. The number of methoxy groups -OCH3 is 2. The van der Waals surface area contributed by atoms with Crippen LogP contribution in [-0.2, 0) is 9.47 Å². The molecule has 0 saturated heterocycles. The highest BCUT2D eigenvalue weighted by Crippen LogP contribution is 2.21. The molecule has 0 unspecified atom stereocenters. The van der Waals surface area contributed by atoms with Gasteiger partial charge in [-0.15, -0.1) is 0 Å². The summed E-state index contributed by atoms with van der Waals surface area (Å²) in [5.74, 6) is 0.405. The molecule has 112 valence electrons. The lowest BCUT2D eigenvalue weighted by Gasteiger charge is -2.25. The van der Waals surface area contributed by atoms with Gasteiger partial charge >= 0.3 is 5.97 Å². The summed E-state index contributed by atoms with van der Waals surface area (Å²) in [6.45, 7) is 7.68. The predicted molar refractivity (Wildman–Crippen MR) is 79.1 cm³/mol. The second-order valence-corrected chi connectivity index (χ2v) is 5.58. The molecule has 0 fully saturated rings. The Labute approximate surface area is 120 Å². The quantitative estimate of drug-likeness (QED) is 0.778.